The predicted molar refractivity (Wildman–Crippen MR) is 136 cm³/mol. The van der Waals surface area contributed by atoms with Crippen LogP contribution < -0.4 is 15.9 Å². The molecule has 0 saturated heterocycles. The van der Waals surface area contributed by atoms with E-state index in [-0.39, 0.29) is 5.69 Å². The van der Waals surface area contributed by atoms with E-state index in [2.05, 4.69) is 58.0 Å². The van der Waals surface area contributed by atoms with Gasteiger partial charge in [-0.2, -0.15) is 0 Å². The molecule has 0 bridgehead atoms. The van der Waals surface area contributed by atoms with E-state index in [0.29, 0.717) is 11.7 Å². The van der Waals surface area contributed by atoms with Crippen LogP contribution in [0.15, 0.2) is 109 Å². The Bertz CT molecular complexity index is 1210. The van der Waals surface area contributed by atoms with Gasteiger partial charge in [0.1, 0.15) is 0 Å². The summed E-state index contributed by atoms with van der Waals surface area (Å²) in [5.74, 6) is 0. The van der Waals surface area contributed by atoms with Crippen LogP contribution in [-0.2, 0) is 6.16 Å². The molecule has 4 aromatic carbocycles. The van der Waals surface area contributed by atoms with Crippen LogP contribution in [0.1, 0.15) is 11.1 Å². The summed E-state index contributed by atoms with van der Waals surface area (Å²) in [6.07, 6.45) is 0.504. The molecular weight excluding hydrogens is 483 g/mol. The average molecular weight is 503 g/mol. The van der Waals surface area contributed by atoms with Gasteiger partial charge in [-0.25, -0.2) is 0 Å². The number of nitriles is 1. The summed E-state index contributed by atoms with van der Waals surface area (Å²) < 4.78 is 0. The van der Waals surface area contributed by atoms with Crippen LogP contribution in [0.2, 0.25) is 0 Å². The third kappa shape index (κ3) is 3.62. The minimum absolute atomic E-state index is 0.0840. The molecule has 4 nitrogen and oxygen atoms in total. The van der Waals surface area contributed by atoms with Gasteiger partial charge in [0.15, 0.2) is 0 Å². The molecule has 0 aliphatic rings. The van der Waals surface area contributed by atoms with Crippen molar-refractivity contribution in [3.05, 3.63) is 130 Å². The third-order valence-electron chi connectivity index (χ3n) is 5.78. The van der Waals surface area contributed by atoms with Gasteiger partial charge in [0.25, 0.3) is 0 Å². The van der Waals surface area contributed by atoms with Crippen LogP contribution in [-0.4, -0.2) is 4.92 Å². The molecule has 0 radical (unpaired) electrons. The number of nitro benzene ring substituents is 1. The third-order valence-corrected chi connectivity index (χ3v) is 15.3. The number of hydrogen-bond donors (Lipinski definition) is 0. The molecule has 0 aliphatic heterocycles. The number of nitro groups is 1. The average Bonchev–Trinajstić information content (AvgIpc) is 2.86. The fourth-order valence-corrected chi connectivity index (χ4v) is 11.9. The molecule has 0 atom stereocenters. The number of nitrogens with zero attached hydrogens (tertiary/aromatic N) is 2. The van der Waals surface area contributed by atoms with Gasteiger partial charge in [0.2, 0.25) is 0 Å². The molecule has 32 heavy (non-hydrogen) atoms. The van der Waals surface area contributed by atoms with Crippen LogP contribution in [0.25, 0.3) is 0 Å². The van der Waals surface area contributed by atoms with Crippen molar-refractivity contribution in [3.63, 3.8) is 0 Å². The Balaban J connectivity index is 2.08. The Morgan fingerprint density at radius 1 is 0.781 bits per heavy atom. The number of hydrogen-bond acceptors (Lipinski definition) is 3. The van der Waals surface area contributed by atoms with Gasteiger partial charge in [-0.05, 0) is 0 Å². The SMILES string of the molecule is N#Cc1cc([N+](=O)[O-])ccc1CP(Br)(c1ccccc1)(c1ccccc1)c1ccccc1. The van der Waals surface area contributed by atoms with E-state index >= 15 is 0 Å². The molecule has 6 heteroatoms. The van der Waals surface area contributed by atoms with E-state index in [1.807, 2.05) is 54.6 Å². The van der Waals surface area contributed by atoms with Crippen LogP contribution in [0.4, 0.5) is 5.69 Å². The van der Waals surface area contributed by atoms with Crippen molar-refractivity contribution in [1.29, 1.82) is 5.26 Å². The first-order valence-corrected chi connectivity index (χ1v) is 14.5. The van der Waals surface area contributed by atoms with Crippen molar-refractivity contribution < 1.29 is 4.92 Å². The van der Waals surface area contributed by atoms with E-state index in [9.17, 15) is 15.4 Å². The Morgan fingerprint density at radius 3 is 1.59 bits per heavy atom. The first kappa shape index (κ1) is 21.9. The second-order valence-electron chi connectivity index (χ2n) is 7.56. The molecular formula is C26H20BrN2O2P. The Kier molecular flexibility index (Phi) is 5.93. The van der Waals surface area contributed by atoms with E-state index < -0.39 is 10.2 Å². The molecule has 0 aliphatic carbocycles. The molecule has 0 unspecified atom stereocenters. The van der Waals surface area contributed by atoms with Crippen LogP contribution >= 0.6 is 20.8 Å². The van der Waals surface area contributed by atoms with Crippen molar-refractivity contribution in [2.45, 2.75) is 6.16 Å². The van der Waals surface area contributed by atoms with Gasteiger partial charge in [-0.1, -0.05) is 0 Å². The summed E-state index contributed by atoms with van der Waals surface area (Å²) in [7, 11) is 0. The fraction of sp³-hybridized carbons (Fsp3) is 0.0385. The topological polar surface area (TPSA) is 66.9 Å². The maximum absolute atomic E-state index is 11.3. The molecule has 0 fully saturated rings. The van der Waals surface area contributed by atoms with Crippen LogP contribution in [0.5, 0.6) is 0 Å². The van der Waals surface area contributed by atoms with Crippen molar-refractivity contribution >= 4 is 42.4 Å². The summed E-state index contributed by atoms with van der Waals surface area (Å²) in [5, 5.41) is 21.2. The predicted octanol–water partition coefficient (Wildman–Crippen LogP) is 5.81. The first-order valence-electron chi connectivity index (χ1n) is 10.0. The van der Waals surface area contributed by atoms with Gasteiger partial charge in [0.05, 0.1) is 0 Å². The van der Waals surface area contributed by atoms with E-state index in [1.165, 1.54) is 12.1 Å². The van der Waals surface area contributed by atoms with Crippen molar-refractivity contribution in [2.75, 3.05) is 0 Å². The molecule has 0 aromatic heterocycles. The minimum atomic E-state index is -3.29. The second kappa shape index (κ2) is 8.67. The monoisotopic (exact) mass is 502 g/mol. The van der Waals surface area contributed by atoms with E-state index in [0.717, 1.165) is 21.5 Å². The Morgan fingerprint density at radius 2 is 1.22 bits per heavy atom. The Labute approximate surface area is 195 Å². The summed E-state index contributed by atoms with van der Waals surface area (Å²) in [5.41, 5.74) is 0.999. The number of non-ortho nitro benzene ring substituents is 1. The molecule has 158 valence electrons. The number of benzene rings is 4. The van der Waals surface area contributed by atoms with Crippen LogP contribution in [0, 0.1) is 21.4 Å². The number of halogens is 1. The molecule has 0 N–H and O–H groups in total. The van der Waals surface area contributed by atoms with Crippen molar-refractivity contribution in [3.8, 4) is 6.07 Å². The summed E-state index contributed by atoms with van der Waals surface area (Å²) in [6, 6.07) is 37.5. The molecule has 4 rings (SSSR count). The summed E-state index contributed by atoms with van der Waals surface area (Å²) >= 11 is 4.35. The summed E-state index contributed by atoms with van der Waals surface area (Å²) in [4.78, 5) is 10.8. The first-order chi connectivity index (χ1) is 15.5. The fourth-order valence-electron chi connectivity index (χ4n) is 4.18. The Hall–Kier alpha value is -3.32. The standard InChI is InChI=1S/C26H20BrN2O2P/c27-32(24-10-4-1-5-11-24,25-12-6-2-7-13-25,26-14-8-3-9-15-26)20-21-16-17-23(29(30)31)18-22(21)19-28/h1-18H,20H2. The van der Waals surface area contributed by atoms with E-state index in [1.54, 1.807) is 6.07 Å². The van der Waals surface area contributed by atoms with Gasteiger partial charge in [0, 0.05) is 0 Å². The zero-order valence-electron chi connectivity index (χ0n) is 17.1. The van der Waals surface area contributed by atoms with E-state index in [4.69, 9.17) is 0 Å². The van der Waals surface area contributed by atoms with Gasteiger partial charge in [-0.15, -0.1) is 0 Å². The molecule has 0 saturated carbocycles. The molecule has 0 spiro atoms. The zero-order valence-corrected chi connectivity index (χ0v) is 19.6. The quantitative estimate of drug-likeness (QED) is 0.190. The maximum atomic E-state index is 11.3. The van der Waals surface area contributed by atoms with Gasteiger partial charge in [-0.3, -0.25) is 0 Å². The van der Waals surface area contributed by atoms with Crippen molar-refractivity contribution in [1.82, 2.24) is 0 Å². The zero-order chi connectivity index (χ0) is 22.6. The summed E-state index contributed by atoms with van der Waals surface area (Å²) in [6.45, 7) is 0. The molecule has 0 amide bonds. The second-order valence-corrected chi connectivity index (χ2v) is 16.5. The van der Waals surface area contributed by atoms with Crippen LogP contribution in [0.3, 0.4) is 0 Å². The van der Waals surface area contributed by atoms with Gasteiger partial charge < -0.3 is 0 Å². The normalized spacial score (nSPS) is 12.3. The van der Waals surface area contributed by atoms with Crippen molar-refractivity contribution in [2.24, 2.45) is 0 Å². The molecule has 0 heterocycles. The number of rotatable bonds is 6. The molecule has 4 aromatic rings. The van der Waals surface area contributed by atoms with Gasteiger partial charge >= 0.3 is 195 Å².